The smallest absolute Gasteiger partial charge is 0.223 e. The molecular weight excluding hydrogens is 308 g/mol. The number of hydrogen-bond donors (Lipinski definition) is 1. The Balaban J connectivity index is 1.52. The molecule has 1 aromatic carbocycles. The fourth-order valence-electron chi connectivity index (χ4n) is 2.24. The lowest BCUT2D eigenvalue weighted by Crippen LogP contribution is -2.04. The van der Waals surface area contributed by atoms with Gasteiger partial charge in [0.25, 0.3) is 0 Å². The Labute approximate surface area is 136 Å². The first-order chi connectivity index (χ1) is 11.4. The summed E-state index contributed by atoms with van der Waals surface area (Å²) in [5.41, 5.74) is 4.76. The third-order valence-electron chi connectivity index (χ3n) is 3.38. The van der Waals surface area contributed by atoms with Crippen LogP contribution < -0.4 is 5.32 Å². The van der Waals surface area contributed by atoms with Gasteiger partial charge in [0.05, 0.1) is 17.4 Å². The van der Waals surface area contributed by atoms with Crippen molar-refractivity contribution in [3.8, 4) is 11.3 Å². The molecule has 3 heterocycles. The molecule has 112 valence electrons. The highest BCUT2D eigenvalue weighted by atomic mass is 32.1. The van der Waals surface area contributed by atoms with Gasteiger partial charge < -0.3 is 5.32 Å². The van der Waals surface area contributed by atoms with E-state index in [0.717, 1.165) is 27.9 Å². The van der Waals surface area contributed by atoms with Crippen LogP contribution in [0.3, 0.4) is 0 Å². The Kier molecular flexibility index (Phi) is 3.61. The van der Waals surface area contributed by atoms with Crippen molar-refractivity contribution in [3.63, 3.8) is 0 Å². The van der Waals surface area contributed by atoms with E-state index >= 15 is 0 Å². The normalized spacial score (nSPS) is 10.8. The molecule has 6 nitrogen and oxygen atoms in total. The molecule has 0 saturated heterocycles. The summed E-state index contributed by atoms with van der Waals surface area (Å²) in [7, 11) is 0. The minimum Gasteiger partial charge on any atom is -0.350 e. The molecule has 0 unspecified atom stereocenters. The molecule has 0 spiro atoms. The lowest BCUT2D eigenvalue weighted by molar-refractivity contribution is 1.06. The van der Waals surface area contributed by atoms with Crippen LogP contribution in [0.5, 0.6) is 0 Å². The predicted octanol–water partition coefficient (Wildman–Crippen LogP) is 3.16. The van der Waals surface area contributed by atoms with E-state index in [-0.39, 0.29) is 0 Å². The average Bonchev–Trinajstić information content (AvgIpc) is 3.09. The topological polar surface area (TPSA) is 76.5 Å². The Morgan fingerprint density at radius 3 is 2.87 bits per heavy atom. The number of hydrogen-bond acceptors (Lipinski definition) is 7. The van der Waals surface area contributed by atoms with Crippen molar-refractivity contribution in [2.24, 2.45) is 0 Å². The Morgan fingerprint density at radius 1 is 1.00 bits per heavy atom. The maximum absolute atomic E-state index is 4.52. The van der Waals surface area contributed by atoms with E-state index < -0.39 is 0 Å². The summed E-state index contributed by atoms with van der Waals surface area (Å²) in [6.07, 6.45) is 5.27. The standard InChI is InChI=1S/C16H12N6S/c1-2-12(10-17-6-1)13-5-7-18-16(20-13)19-9-11-3-4-14-15(8-11)22-23-21-14/h1-8,10H,9H2,(H,18,19,20). The molecule has 0 atom stereocenters. The molecule has 0 aliphatic carbocycles. The van der Waals surface area contributed by atoms with Gasteiger partial charge in [-0.25, -0.2) is 9.97 Å². The number of fused-ring (bicyclic) bond motifs is 1. The van der Waals surface area contributed by atoms with E-state index in [2.05, 4.69) is 29.0 Å². The van der Waals surface area contributed by atoms with Crippen molar-refractivity contribution in [1.29, 1.82) is 0 Å². The van der Waals surface area contributed by atoms with Gasteiger partial charge in [-0.3, -0.25) is 4.98 Å². The lowest BCUT2D eigenvalue weighted by atomic mass is 10.2. The molecule has 4 aromatic rings. The van der Waals surface area contributed by atoms with Crippen molar-refractivity contribution in [3.05, 3.63) is 60.6 Å². The number of anilines is 1. The van der Waals surface area contributed by atoms with Gasteiger partial charge in [-0.05, 0) is 35.9 Å². The second-order valence-electron chi connectivity index (χ2n) is 4.95. The van der Waals surface area contributed by atoms with E-state index in [9.17, 15) is 0 Å². The molecule has 0 aliphatic heterocycles. The Hall–Kier alpha value is -2.93. The third-order valence-corrected chi connectivity index (χ3v) is 3.94. The van der Waals surface area contributed by atoms with E-state index in [1.165, 1.54) is 11.7 Å². The quantitative estimate of drug-likeness (QED) is 0.622. The average molecular weight is 320 g/mol. The Bertz CT molecular complexity index is 937. The Morgan fingerprint density at radius 2 is 1.96 bits per heavy atom. The summed E-state index contributed by atoms with van der Waals surface area (Å²) in [6, 6.07) is 11.8. The molecule has 0 bridgehead atoms. The zero-order valence-corrected chi connectivity index (χ0v) is 12.9. The molecule has 7 heteroatoms. The van der Waals surface area contributed by atoms with Crippen molar-refractivity contribution < 1.29 is 0 Å². The number of nitrogens with one attached hydrogen (secondary N) is 1. The van der Waals surface area contributed by atoms with Crippen LogP contribution in [0.1, 0.15) is 5.56 Å². The van der Waals surface area contributed by atoms with Gasteiger partial charge >= 0.3 is 0 Å². The molecule has 0 amide bonds. The minimum absolute atomic E-state index is 0.586. The predicted molar refractivity (Wildman–Crippen MR) is 90.0 cm³/mol. The molecule has 0 aliphatic rings. The highest BCUT2D eigenvalue weighted by Gasteiger charge is 2.04. The van der Waals surface area contributed by atoms with Crippen LogP contribution >= 0.6 is 11.7 Å². The van der Waals surface area contributed by atoms with Gasteiger partial charge in [0.2, 0.25) is 5.95 Å². The molecule has 4 rings (SSSR count). The van der Waals surface area contributed by atoms with Crippen LogP contribution in [0.25, 0.3) is 22.3 Å². The molecule has 3 aromatic heterocycles. The number of nitrogens with zero attached hydrogens (tertiary/aromatic N) is 5. The summed E-state index contributed by atoms with van der Waals surface area (Å²) in [4.78, 5) is 12.9. The summed E-state index contributed by atoms with van der Waals surface area (Å²) in [6.45, 7) is 0.629. The lowest BCUT2D eigenvalue weighted by Gasteiger charge is -2.06. The van der Waals surface area contributed by atoms with Crippen LogP contribution in [0.15, 0.2) is 55.0 Å². The van der Waals surface area contributed by atoms with Gasteiger partial charge in [0, 0.05) is 30.7 Å². The fourth-order valence-corrected chi connectivity index (χ4v) is 2.76. The SMILES string of the molecule is c1cncc(-c2ccnc(NCc3ccc4nsnc4c3)n2)c1. The number of rotatable bonds is 4. The summed E-state index contributed by atoms with van der Waals surface area (Å²) in [5, 5.41) is 3.24. The van der Waals surface area contributed by atoms with Crippen molar-refractivity contribution in [2.45, 2.75) is 6.54 Å². The summed E-state index contributed by atoms with van der Waals surface area (Å²) >= 11 is 1.22. The maximum Gasteiger partial charge on any atom is 0.223 e. The highest BCUT2D eigenvalue weighted by molar-refractivity contribution is 7.00. The minimum atomic E-state index is 0.586. The second kappa shape index (κ2) is 6.05. The van der Waals surface area contributed by atoms with Gasteiger partial charge in [-0.15, -0.1) is 0 Å². The summed E-state index contributed by atoms with van der Waals surface area (Å²) < 4.78 is 8.46. The largest absolute Gasteiger partial charge is 0.350 e. The number of pyridine rings is 1. The van der Waals surface area contributed by atoms with Gasteiger partial charge in [0.1, 0.15) is 11.0 Å². The van der Waals surface area contributed by atoms with Crippen LogP contribution in [-0.4, -0.2) is 23.7 Å². The van der Waals surface area contributed by atoms with Crippen molar-refractivity contribution in [1.82, 2.24) is 23.7 Å². The molecule has 23 heavy (non-hydrogen) atoms. The molecule has 1 N–H and O–H groups in total. The highest BCUT2D eigenvalue weighted by Crippen LogP contribution is 2.17. The van der Waals surface area contributed by atoms with E-state index in [1.807, 2.05) is 36.4 Å². The fraction of sp³-hybridized carbons (Fsp3) is 0.0625. The first-order valence-electron chi connectivity index (χ1n) is 7.07. The van der Waals surface area contributed by atoms with E-state index in [0.29, 0.717) is 12.5 Å². The van der Waals surface area contributed by atoms with E-state index in [4.69, 9.17) is 0 Å². The first-order valence-corrected chi connectivity index (χ1v) is 7.80. The van der Waals surface area contributed by atoms with Gasteiger partial charge in [-0.1, -0.05) is 6.07 Å². The molecular formula is C16H12N6S. The number of aromatic nitrogens is 5. The van der Waals surface area contributed by atoms with Crippen LogP contribution in [0.2, 0.25) is 0 Å². The van der Waals surface area contributed by atoms with Crippen LogP contribution in [0.4, 0.5) is 5.95 Å². The van der Waals surface area contributed by atoms with Crippen LogP contribution in [0, 0.1) is 0 Å². The van der Waals surface area contributed by atoms with Gasteiger partial charge in [0.15, 0.2) is 0 Å². The van der Waals surface area contributed by atoms with Crippen molar-refractivity contribution in [2.75, 3.05) is 5.32 Å². The second-order valence-corrected chi connectivity index (χ2v) is 5.48. The van der Waals surface area contributed by atoms with Gasteiger partial charge in [-0.2, -0.15) is 8.75 Å². The first kappa shape index (κ1) is 13.7. The third kappa shape index (κ3) is 3.00. The monoisotopic (exact) mass is 320 g/mol. The van der Waals surface area contributed by atoms with Crippen LogP contribution in [-0.2, 0) is 6.54 Å². The summed E-state index contributed by atoms with van der Waals surface area (Å²) in [5.74, 6) is 0.586. The zero-order chi connectivity index (χ0) is 15.5. The number of benzene rings is 1. The molecule has 0 fully saturated rings. The maximum atomic E-state index is 4.52. The molecule has 0 saturated carbocycles. The molecule has 0 radical (unpaired) electrons. The van der Waals surface area contributed by atoms with E-state index in [1.54, 1.807) is 18.6 Å². The zero-order valence-electron chi connectivity index (χ0n) is 12.0. The van der Waals surface area contributed by atoms with Crippen molar-refractivity contribution >= 4 is 28.7 Å².